The quantitative estimate of drug-likeness (QED) is 0.632. The van der Waals surface area contributed by atoms with Crippen molar-refractivity contribution in [3.63, 3.8) is 0 Å². The Labute approximate surface area is 94.4 Å². The third-order valence-electron chi connectivity index (χ3n) is 1.86. The second-order valence-corrected chi connectivity index (χ2v) is 3.44. The molecular weight excluding hydrogens is 260 g/mol. The van der Waals surface area contributed by atoms with E-state index in [1.54, 1.807) is 24.5 Å². The van der Waals surface area contributed by atoms with Crippen molar-refractivity contribution < 1.29 is 9.32 Å². The average molecular weight is 267 g/mol. The Morgan fingerprint density at radius 1 is 1.53 bits per heavy atom. The van der Waals surface area contributed by atoms with Crippen LogP contribution >= 0.6 is 15.9 Å². The summed E-state index contributed by atoms with van der Waals surface area (Å²) in [7, 11) is 0. The van der Waals surface area contributed by atoms with Gasteiger partial charge in [0, 0.05) is 24.0 Å². The van der Waals surface area contributed by atoms with Crippen molar-refractivity contribution in [2.24, 2.45) is 0 Å². The number of nitrogens with zero attached hydrogens (tertiary/aromatic N) is 2. The molecule has 0 unspecified atom stereocenters. The number of halogens is 1. The van der Waals surface area contributed by atoms with Gasteiger partial charge in [0.1, 0.15) is 5.69 Å². The first-order valence-electron chi connectivity index (χ1n) is 4.27. The molecule has 0 spiro atoms. The molecule has 2 aromatic rings. The molecule has 0 aliphatic carbocycles. The fourth-order valence-corrected chi connectivity index (χ4v) is 1.40. The minimum Gasteiger partial charge on any atom is -0.352 e. The molecule has 0 saturated heterocycles. The fourth-order valence-electron chi connectivity index (χ4n) is 1.12. The lowest BCUT2D eigenvalue weighted by Gasteiger charge is -1.90. The summed E-state index contributed by atoms with van der Waals surface area (Å²) in [6, 6.07) is 5.27. The molecule has 0 amide bonds. The molecule has 0 atom stereocenters. The zero-order chi connectivity index (χ0) is 10.7. The van der Waals surface area contributed by atoms with Crippen molar-refractivity contribution in [2.75, 3.05) is 5.33 Å². The summed E-state index contributed by atoms with van der Waals surface area (Å²) in [5.74, 6) is 0.128. The zero-order valence-electron chi connectivity index (χ0n) is 7.68. The van der Waals surface area contributed by atoms with Gasteiger partial charge in [0.15, 0.2) is 0 Å². The Hall–Kier alpha value is -1.49. The molecule has 76 valence electrons. The maximum atomic E-state index is 11.3. The molecule has 0 N–H and O–H groups in total. The molecule has 0 aromatic carbocycles. The summed E-state index contributed by atoms with van der Waals surface area (Å²) >= 11 is 3.07. The second kappa shape index (κ2) is 4.35. The van der Waals surface area contributed by atoms with Gasteiger partial charge in [0.25, 0.3) is 0 Å². The van der Waals surface area contributed by atoms with E-state index in [9.17, 15) is 4.79 Å². The van der Waals surface area contributed by atoms with Gasteiger partial charge < -0.3 is 4.52 Å². The molecule has 0 radical (unpaired) electrons. The minimum atomic E-state index is -0.127. The third-order valence-corrected chi connectivity index (χ3v) is 2.37. The van der Waals surface area contributed by atoms with E-state index in [-0.39, 0.29) is 16.9 Å². The number of hydrogen-bond donors (Lipinski definition) is 0. The van der Waals surface area contributed by atoms with Crippen molar-refractivity contribution in [1.29, 1.82) is 0 Å². The summed E-state index contributed by atoms with van der Waals surface area (Å²) in [5.41, 5.74) is 1.45. The minimum absolute atomic E-state index is 0.127. The van der Waals surface area contributed by atoms with Gasteiger partial charge in [-0.1, -0.05) is 21.1 Å². The van der Waals surface area contributed by atoms with Gasteiger partial charge in [0.05, 0.1) is 5.33 Å². The molecule has 0 aliphatic heterocycles. The maximum absolute atomic E-state index is 11.3. The second-order valence-electron chi connectivity index (χ2n) is 2.87. The summed E-state index contributed by atoms with van der Waals surface area (Å²) < 4.78 is 4.91. The van der Waals surface area contributed by atoms with E-state index in [4.69, 9.17) is 4.52 Å². The molecule has 15 heavy (non-hydrogen) atoms. The SMILES string of the molecule is O=C(CBr)c1cc(-c2cccnc2)no1. The lowest BCUT2D eigenvalue weighted by atomic mass is 10.2. The van der Waals surface area contributed by atoms with Crippen LogP contribution in [0.1, 0.15) is 10.6 Å². The first-order valence-corrected chi connectivity index (χ1v) is 5.39. The van der Waals surface area contributed by atoms with E-state index in [0.29, 0.717) is 5.69 Å². The highest BCUT2D eigenvalue weighted by atomic mass is 79.9. The highest BCUT2D eigenvalue weighted by Gasteiger charge is 2.12. The van der Waals surface area contributed by atoms with Gasteiger partial charge in [-0.3, -0.25) is 9.78 Å². The van der Waals surface area contributed by atoms with Crippen molar-refractivity contribution in [3.05, 3.63) is 36.4 Å². The lowest BCUT2D eigenvalue weighted by Crippen LogP contribution is -1.96. The molecule has 4 nitrogen and oxygen atoms in total. The Balaban J connectivity index is 2.32. The molecule has 2 rings (SSSR count). The number of rotatable bonds is 3. The molecule has 0 saturated carbocycles. The van der Waals surface area contributed by atoms with Crippen molar-refractivity contribution in [2.45, 2.75) is 0 Å². The molecule has 5 heteroatoms. The van der Waals surface area contributed by atoms with Crippen LogP contribution in [-0.2, 0) is 0 Å². The fraction of sp³-hybridized carbons (Fsp3) is 0.100. The summed E-state index contributed by atoms with van der Waals surface area (Å²) in [6.07, 6.45) is 3.34. The number of pyridine rings is 1. The number of carbonyl (C=O) groups excluding carboxylic acids is 1. The lowest BCUT2D eigenvalue weighted by molar-refractivity contribution is 0.0985. The van der Waals surface area contributed by atoms with Gasteiger partial charge in [0.2, 0.25) is 11.5 Å². The molecule has 0 aliphatic rings. The number of aromatic nitrogens is 2. The van der Waals surface area contributed by atoms with Gasteiger partial charge in [-0.15, -0.1) is 0 Å². The standard InChI is InChI=1S/C10H7BrN2O2/c11-5-9(14)10-4-8(13-15-10)7-2-1-3-12-6-7/h1-4,6H,5H2. The van der Waals surface area contributed by atoms with Crippen LogP contribution in [-0.4, -0.2) is 21.3 Å². The average Bonchev–Trinajstić information content (AvgIpc) is 2.78. The molecule has 2 heterocycles. The Bertz CT molecular complexity index is 467. The van der Waals surface area contributed by atoms with Crippen LogP contribution in [0.15, 0.2) is 35.1 Å². The van der Waals surface area contributed by atoms with Crippen LogP contribution in [0.3, 0.4) is 0 Å². The maximum Gasteiger partial charge on any atom is 0.211 e. The highest BCUT2D eigenvalue weighted by Crippen LogP contribution is 2.18. The van der Waals surface area contributed by atoms with E-state index < -0.39 is 0 Å². The van der Waals surface area contributed by atoms with Crippen LogP contribution in [0.5, 0.6) is 0 Å². The number of hydrogen-bond acceptors (Lipinski definition) is 4. The monoisotopic (exact) mass is 266 g/mol. The van der Waals surface area contributed by atoms with Crippen molar-refractivity contribution in [3.8, 4) is 11.3 Å². The third kappa shape index (κ3) is 2.12. The van der Waals surface area contributed by atoms with Crippen LogP contribution < -0.4 is 0 Å². The van der Waals surface area contributed by atoms with Crippen molar-refractivity contribution in [1.82, 2.24) is 10.1 Å². The first kappa shape index (κ1) is 10.0. The number of ketones is 1. The summed E-state index contributed by atoms with van der Waals surface area (Å²) in [5, 5.41) is 4.03. The molecular formula is C10H7BrN2O2. The van der Waals surface area contributed by atoms with Crippen LogP contribution in [0, 0.1) is 0 Å². The van der Waals surface area contributed by atoms with E-state index in [0.717, 1.165) is 5.56 Å². The van der Waals surface area contributed by atoms with Crippen LogP contribution in [0.4, 0.5) is 0 Å². The largest absolute Gasteiger partial charge is 0.352 e. The topological polar surface area (TPSA) is 56.0 Å². The Morgan fingerprint density at radius 3 is 3.07 bits per heavy atom. The summed E-state index contributed by atoms with van der Waals surface area (Å²) in [6.45, 7) is 0. The van der Waals surface area contributed by atoms with Gasteiger partial charge in [-0.2, -0.15) is 0 Å². The molecule has 0 bridgehead atoms. The van der Waals surface area contributed by atoms with Crippen LogP contribution in [0.25, 0.3) is 11.3 Å². The van der Waals surface area contributed by atoms with Crippen LogP contribution in [0.2, 0.25) is 0 Å². The van der Waals surface area contributed by atoms with Crippen molar-refractivity contribution >= 4 is 21.7 Å². The normalized spacial score (nSPS) is 10.2. The smallest absolute Gasteiger partial charge is 0.211 e. The van der Waals surface area contributed by atoms with Gasteiger partial charge in [-0.05, 0) is 12.1 Å². The molecule has 2 aromatic heterocycles. The van der Waals surface area contributed by atoms with Gasteiger partial charge in [-0.25, -0.2) is 0 Å². The zero-order valence-corrected chi connectivity index (χ0v) is 9.27. The van der Waals surface area contributed by atoms with E-state index in [1.807, 2.05) is 6.07 Å². The number of alkyl halides is 1. The Kier molecular flexibility index (Phi) is 2.91. The predicted octanol–water partition coefficient (Wildman–Crippen LogP) is 2.31. The number of carbonyl (C=O) groups is 1. The summed E-state index contributed by atoms with van der Waals surface area (Å²) in [4.78, 5) is 15.2. The molecule has 0 fully saturated rings. The number of Topliss-reactive ketones (excluding diaryl/α,β-unsaturated/α-hetero) is 1. The van der Waals surface area contributed by atoms with E-state index in [2.05, 4.69) is 26.1 Å². The first-order chi connectivity index (χ1) is 7.31. The van der Waals surface area contributed by atoms with E-state index in [1.165, 1.54) is 0 Å². The highest BCUT2D eigenvalue weighted by molar-refractivity contribution is 9.09. The van der Waals surface area contributed by atoms with Gasteiger partial charge >= 0.3 is 0 Å². The Morgan fingerprint density at radius 2 is 2.40 bits per heavy atom. The van der Waals surface area contributed by atoms with E-state index >= 15 is 0 Å². The predicted molar refractivity (Wildman–Crippen MR) is 57.9 cm³/mol.